The number of hydrogen-bond donors (Lipinski definition) is 2. The number of anilines is 1. The van der Waals surface area contributed by atoms with Crippen molar-refractivity contribution in [1.29, 1.82) is 0 Å². The van der Waals surface area contributed by atoms with E-state index in [1.165, 1.54) is 0 Å². The first-order valence-electron chi connectivity index (χ1n) is 9.99. The molecule has 0 atom stereocenters. The lowest BCUT2D eigenvalue weighted by molar-refractivity contribution is 0.413. The number of nitrogens with one attached hydrogen (secondary N) is 2. The standard InChI is InChI=1S/C24H25N3O3.ClH/c1-28-18-5-7-19(8-6-18)30-20-9-10-22-23(11-14-27-24(22)16-20)26-13-3-12-25-17-21-4-2-15-29-21;/h2,4-11,14-16,25H,3,12-13,17H2,1H3,(H,26,27);1H. The first-order valence-corrected chi connectivity index (χ1v) is 9.99. The van der Waals surface area contributed by atoms with Crippen LogP contribution in [0.25, 0.3) is 10.9 Å². The molecule has 7 heteroatoms. The largest absolute Gasteiger partial charge is 0.497 e. The van der Waals surface area contributed by atoms with E-state index in [0.717, 1.165) is 65.7 Å². The van der Waals surface area contributed by atoms with Crippen LogP contribution in [0.3, 0.4) is 0 Å². The zero-order valence-electron chi connectivity index (χ0n) is 17.3. The molecule has 4 aromatic rings. The number of rotatable bonds is 10. The summed E-state index contributed by atoms with van der Waals surface area (Å²) in [5, 5.41) is 7.96. The van der Waals surface area contributed by atoms with Gasteiger partial charge < -0.3 is 24.5 Å². The smallest absolute Gasteiger partial charge is 0.129 e. The number of ether oxygens (including phenoxy) is 2. The molecule has 0 aliphatic rings. The fourth-order valence-corrected chi connectivity index (χ4v) is 3.19. The highest BCUT2D eigenvalue weighted by molar-refractivity contribution is 5.91. The highest BCUT2D eigenvalue weighted by Crippen LogP contribution is 2.29. The molecule has 4 rings (SSSR count). The van der Waals surface area contributed by atoms with Crippen LogP contribution >= 0.6 is 12.4 Å². The molecule has 0 bridgehead atoms. The van der Waals surface area contributed by atoms with Crippen molar-refractivity contribution < 1.29 is 13.9 Å². The lowest BCUT2D eigenvalue weighted by Crippen LogP contribution is -2.17. The zero-order chi connectivity index (χ0) is 20.6. The van der Waals surface area contributed by atoms with Gasteiger partial charge >= 0.3 is 0 Å². The Balaban J connectivity index is 0.00000272. The average molecular weight is 440 g/mol. The van der Waals surface area contributed by atoms with Gasteiger partial charge in [-0.25, -0.2) is 0 Å². The van der Waals surface area contributed by atoms with Gasteiger partial charge in [-0.15, -0.1) is 12.4 Å². The molecule has 0 saturated carbocycles. The molecule has 0 spiro atoms. The molecule has 6 nitrogen and oxygen atoms in total. The Labute approximate surface area is 188 Å². The summed E-state index contributed by atoms with van der Waals surface area (Å²) in [6, 6.07) is 19.4. The number of furan rings is 1. The number of fused-ring (bicyclic) bond motifs is 1. The molecule has 2 aromatic carbocycles. The van der Waals surface area contributed by atoms with Gasteiger partial charge in [0.25, 0.3) is 0 Å². The highest BCUT2D eigenvalue weighted by Gasteiger charge is 2.05. The van der Waals surface area contributed by atoms with Crippen LogP contribution in [0.2, 0.25) is 0 Å². The monoisotopic (exact) mass is 439 g/mol. The van der Waals surface area contributed by atoms with E-state index in [-0.39, 0.29) is 12.4 Å². The van der Waals surface area contributed by atoms with Crippen molar-refractivity contribution in [3.8, 4) is 17.2 Å². The SMILES string of the molecule is COc1ccc(Oc2ccc3c(NCCCNCc4ccco4)ccnc3c2)cc1.Cl. The first kappa shape index (κ1) is 22.5. The van der Waals surface area contributed by atoms with E-state index in [1.807, 2.05) is 66.9 Å². The second-order valence-electron chi connectivity index (χ2n) is 6.85. The lowest BCUT2D eigenvalue weighted by atomic mass is 10.1. The molecule has 0 radical (unpaired) electrons. The number of methoxy groups -OCH3 is 1. The number of hydrogen-bond acceptors (Lipinski definition) is 6. The van der Waals surface area contributed by atoms with Crippen LogP contribution in [-0.4, -0.2) is 25.2 Å². The third-order valence-electron chi connectivity index (χ3n) is 4.73. The van der Waals surface area contributed by atoms with Gasteiger partial charge in [0.15, 0.2) is 0 Å². The number of benzene rings is 2. The minimum atomic E-state index is 0. The van der Waals surface area contributed by atoms with Crippen molar-refractivity contribution in [2.24, 2.45) is 0 Å². The third-order valence-corrected chi connectivity index (χ3v) is 4.73. The summed E-state index contributed by atoms with van der Waals surface area (Å²) in [5.41, 5.74) is 1.96. The predicted octanol–water partition coefficient (Wildman–Crippen LogP) is 5.64. The van der Waals surface area contributed by atoms with E-state index >= 15 is 0 Å². The summed E-state index contributed by atoms with van der Waals surface area (Å²) in [7, 11) is 1.65. The number of nitrogens with zero attached hydrogens (tertiary/aromatic N) is 1. The molecule has 2 aromatic heterocycles. The lowest BCUT2D eigenvalue weighted by Gasteiger charge is -2.11. The maximum Gasteiger partial charge on any atom is 0.129 e. The molecule has 0 aliphatic carbocycles. The molecule has 2 heterocycles. The Morgan fingerprint density at radius 1 is 0.935 bits per heavy atom. The molecule has 2 N–H and O–H groups in total. The Bertz CT molecular complexity index is 1070. The van der Waals surface area contributed by atoms with Crippen LogP contribution in [0.5, 0.6) is 17.2 Å². The van der Waals surface area contributed by atoms with Crippen molar-refractivity contribution in [2.45, 2.75) is 13.0 Å². The Hall–Kier alpha value is -3.22. The number of aromatic nitrogens is 1. The van der Waals surface area contributed by atoms with E-state index in [9.17, 15) is 0 Å². The van der Waals surface area contributed by atoms with Crippen LogP contribution < -0.4 is 20.1 Å². The van der Waals surface area contributed by atoms with Crippen molar-refractivity contribution in [3.05, 3.63) is 78.9 Å². The van der Waals surface area contributed by atoms with Crippen LogP contribution in [0.1, 0.15) is 12.2 Å². The fraction of sp³-hybridized carbons (Fsp3) is 0.208. The third kappa shape index (κ3) is 6.13. The van der Waals surface area contributed by atoms with Crippen LogP contribution in [0.15, 0.2) is 77.5 Å². The van der Waals surface area contributed by atoms with Gasteiger partial charge in [-0.1, -0.05) is 0 Å². The van der Waals surface area contributed by atoms with E-state index in [1.54, 1.807) is 13.4 Å². The van der Waals surface area contributed by atoms with Crippen LogP contribution in [0.4, 0.5) is 5.69 Å². The minimum Gasteiger partial charge on any atom is -0.497 e. The zero-order valence-corrected chi connectivity index (χ0v) is 18.2. The Kier molecular flexibility index (Phi) is 8.15. The second kappa shape index (κ2) is 11.2. The normalized spacial score (nSPS) is 10.5. The Morgan fingerprint density at radius 2 is 1.74 bits per heavy atom. The van der Waals surface area contributed by atoms with Gasteiger partial charge in [-0.2, -0.15) is 0 Å². The van der Waals surface area contributed by atoms with E-state index < -0.39 is 0 Å². The maximum absolute atomic E-state index is 5.95. The molecule has 0 saturated heterocycles. The summed E-state index contributed by atoms with van der Waals surface area (Å²) in [6.45, 7) is 2.53. The van der Waals surface area contributed by atoms with E-state index in [2.05, 4.69) is 15.6 Å². The topological polar surface area (TPSA) is 68.6 Å². The minimum absolute atomic E-state index is 0. The molecular weight excluding hydrogens is 414 g/mol. The molecule has 31 heavy (non-hydrogen) atoms. The molecule has 0 fully saturated rings. The summed E-state index contributed by atoms with van der Waals surface area (Å²) in [4.78, 5) is 4.49. The molecule has 0 amide bonds. The van der Waals surface area contributed by atoms with E-state index in [4.69, 9.17) is 13.9 Å². The second-order valence-corrected chi connectivity index (χ2v) is 6.85. The molecule has 162 valence electrons. The van der Waals surface area contributed by atoms with Crippen molar-refractivity contribution >= 4 is 29.0 Å². The van der Waals surface area contributed by atoms with Crippen molar-refractivity contribution in [2.75, 3.05) is 25.5 Å². The van der Waals surface area contributed by atoms with Crippen LogP contribution in [-0.2, 0) is 6.54 Å². The van der Waals surface area contributed by atoms with Crippen molar-refractivity contribution in [1.82, 2.24) is 10.3 Å². The summed E-state index contributed by atoms with van der Waals surface area (Å²) < 4.78 is 16.4. The molecular formula is C24H26ClN3O3. The van der Waals surface area contributed by atoms with E-state index in [0.29, 0.717) is 0 Å². The predicted molar refractivity (Wildman–Crippen MR) is 126 cm³/mol. The summed E-state index contributed by atoms with van der Waals surface area (Å²) >= 11 is 0. The van der Waals surface area contributed by atoms with Crippen molar-refractivity contribution in [3.63, 3.8) is 0 Å². The first-order chi connectivity index (χ1) is 14.8. The number of halogens is 1. The van der Waals surface area contributed by atoms with Gasteiger partial charge in [0.05, 0.1) is 25.4 Å². The summed E-state index contributed by atoms with van der Waals surface area (Å²) in [5.74, 6) is 3.26. The number of pyridine rings is 1. The molecule has 0 unspecified atom stereocenters. The summed E-state index contributed by atoms with van der Waals surface area (Å²) in [6.07, 6.45) is 4.51. The Morgan fingerprint density at radius 3 is 2.52 bits per heavy atom. The van der Waals surface area contributed by atoms with Gasteiger partial charge in [0.2, 0.25) is 0 Å². The van der Waals surface area contributed by atoms with Gasteiger partial charge in [0.1, 0.15) is 23.0 Å². The van der Waals surface area contributed by atoms with Crippen LogP contribution in [0, 0.1) is 0 Å². The fourth-order valence-electron chi connectivity index (χ4n) is 3.19. The highest BCUT2D eigenvalue weighted by atomic mass is 35.5. The van der Waals surface area contributed by atoms with Gasteiger partial charge in [-0.3, -0.25) is 4.98 Å². The maximum atomic E-state index is 5.95. The van der Waals surface area contributed by atoms with Gasteiger partial charge in [-0.05, 0) is 67.6 Å². The van der Waals surface area contributed by atoms with Gasteiger partial charge in [0, 0.05) is 29.9 Å². The average Bonchev–Trinajstić information content (AvgIpc) is 3.30. The quantitative estimate of drug-likeness (QED) is 0.311. The molecule has 0 aliphatic heterocycles.